The summed E-state index contributed by atoms with van der Waals surface area (Å²) in [4.78, 5) is 12.3. The smallest absolute Gasteiger partial charge is 0.258 e. The number of aromatic nitrogens is 1. The van der Waals surface area contributed by atoms with Crippen molar-refractivity contribution < 1.29 is 18.1 Å². The summed E-state index contributed by atoms with van der Waals surface area (Å²) in [6.45, 7) is 0. The topological polar surface area (TPSA) is 56.0 Å². The summed E-state index contributed by atoms with van der Waals surface area (Å²) in [5.41, 5.74) is -2.22. The van der Waals surface area contributed by atoms with E-state index in [-0.39, 0.29) is 3.70 Å². The Morgan fingerprint density at radius 1 is 1.57 bits per heavy atom. The Labute approximate surface area is 89.4 Å². The second kappa shape index (κ2) is 4.07. The summed E-state index contributed by atoms with van der Waals surface area (Å²) in [6.07, 6.45) is -3.25. The molecule has 0 N–H and O–H groups in total. The molecule has 0 unspecified atom stereocenters. The van der Waals surface area contributed by atoms with Gasteiger partial charge < -0.3 is 0 Å². The van der Waals surface area contributed by atoms with Crippen LogP contribution in [0.3, 0.4) is 0 Å². The standard InChI is InChI=1S/C6H2F3IN2O2/c7-5(8)4-2(12(13)14)1-3(10)11-6(4)9/h1,5H. The molecule has 0 bridgehead atoms. The number of rotatable bonds is 2. The molecule has 0 fully saturated rings. The quantitative estimate of drug-likeness (QED) is 0.365. The Bertz CT molecular complexity index is 386. The van der Waals surface area contributed by atoms with Crippen molar-refractivity contribution in [1.29, 1.82) is 0 Å². The van der Waals surface area contributed by atoms with Crippen LogP contribution in [-0.4, -0.2) is 9.91 Å². The van der Waals surface area contributed by atoms with Gasteiger partial charge in [0.05, 0.1) is 4.92 Å². The van der Waals surface area contributed by atoms with Crippen LogP contribution in [0.4, 0.5) is 18.9 Å². The molecule has 0 aromatic carbocycles. The van der Waals surface area contributed by atoms with Gasteiger partial charge in [0, 0.05) is 6.07 Å². The predicted molar refractivity (Wildman–Crippen MR) is 48.5 cm³/mol. The van der Waals surface area contributed by atoms with Gasteiger partial charge in [0.1, 0.15) is 3.70 Å². The van der Waals surface area contributed by atoms with E-state index in [2.05, 4.69) is 4.98 Å². The minimum atomic E-state index is -3.25. The van der Waals surface area contributed by atoms with Gasteiger partial charge in [-0.2, -0.15) is 4.39 Å². The molecule has 76 valence electrons. The van der Waals surface area contributed by atoms with Crippen molar-refractivity contribution >= 4 is 28.3 Å². The van der Waals surface area contributed by atoms with Gasteiger partial charge in [-0.05, 0) is 22.6 Å². The van der Waals surface area contributed by atoms with Gasteiger partial charge in [-0.15, -0.1) is 0 Å². The first-order chi connectivity index (χ1) is 6.43. The monoisotopic (exact) mass is 318 g/mol. The number of halogens is 4. The Morgan fingerprint density at radius 2 is 2.14 bits per heavy atom. The van der Waals surface area contributed by atoms with Crippen molar-refractivity contribution in [1.82, 2.24) is 4.98 Å². The van der Waals surface area contributed by atoms with Crippen molar-refractivity contribution in [2.24, 2.45) is 0 Å². The molecule has 1 aromatic heterocycles. The van der Waals surface area contributed by atoms with Crippen molar-refractivity contribution in [3.63, 3.8) is 0 Å². The molecular weight excluding hydrogens is 316 g/mol. The highest BCUT2D eigenvalue weighted by atomic mass is 127. The summed E-state index contributed by atoms with van der Waals surface area (Å²) < 4.78 is 37.2. The zero-order valence-corrected chi connectivity index (χ0v) is 8.53. The number of hydrogen-bond acceptors (Lipinski definition) is 3. The third kappa shape index (κ3) is 2.11. The van der Waals surface area contributed by atoms with Crippen LogP contribution in [0.25, 0.3) is 0 Å². The van der Waals surface area contributed by atoms with E-state index < -0.39 is 28.5 Å². The van der Waals surface area contributed by atoms with E-state index in [9.17, 15) is 23.3 Å². The Balaban J connectivity index is 3.44. The number of nitrogens with zero attached hydrogens (tertiary/aromatic N) is 2. The lowest BCUT2D eigenvalue weighted by molar-refractivity contribution is -0.386. The van der Waals surface area contributed by atoms with Crippen LogP contribution < -0.4 is 0 Å². The number of alkyl halides is 2. The van der Waals surface area contributed by atoms with Gasteiger partial charge in [-0.3, -0.25) is 10.1 Å². The number of pyridine rings is 1. The van der Waals surface area contributed by atoms with Gasteiger partial charge >= 0.3 is 0 Å². The molecule has 0 aliphatic carbocycles. The molecule has 0 aliphatic rings. The highest BCUT2D eigenvalue weighted by Crippen LogP contribution is 2.31. The lowest BCUT2D eigenvalue weighted by Gasteiger charge is -2.02. The fourth-order valence-corrected chi connectivity index (χ4v) is 1.34. The second-order valence-corrected chi connectivity index (χ2v) is 3.33. The van der Waals surface area contributed by atoms with Crippen LogP contribution in [0.15, 0.2) is 6.07 Å². The fraction of sp³-hybridized carbons (Fsp3) is 0.167. The van der Waals surface area contributed by atoms with Crippen LogP contribution in [0.2, 0.25) is 0 Å². The van der Waals surface area contributed by atoms with Crippen molar-refractivity contribution in [3.8, 4) is 0 Å². The molecule has 0 amide bonds. The Kier molecular flexibility index (Phi) is 3.24. The van der Waals surface area contributed by atoms with Gasteiger partial charge in [0.2, 0.25) is 5.95 Å². The minimum Gasteiger partial charge on any atom is -0.258 e. The fourth-order valence-electron chi connectivity index (χ4n) is 0.835. The summed E-state index contributed by atoms with van der Waals surface area (Å²) >= 11 is 1.50. The molecule has 0 radical (unpaired) electrons. The maximum Gasteiger partial charge on any atom is 0.285 e. The average Bonchev–Trinajstić information content (AvgIpc) is 2.01. The molecule has 0 spiro atoms. The molecule has 1 rings (SSSR count). The first-order valence-corrected chi connectivity index (χ1v) is 4.30. The summed E-state index contributed by atoms with van der Waals surface area (Å²) in [5, 5.41) is 10.3. The van der Waals surface area contributed by atoms with E-state index in [1.54, 1.807) is 0 Å². The molecular formula is C6H2F3IN2O2. The van der Waals surface area contributed by atoms with Crippen LogP contribution in [0.5, 0.6) is 0 Å². The van der Waals surface area contributed by atoms with Gasteiger partial charge in [-0.1, -0.05) is 0 Å². The van der Waals surface area contributed by atoms with Crippen LogP contribution >= 0.6 is 22.6 Å². The maximum absolute atomic E-state index is 12.8. The molecule has 0 aliphatic heterocycles. The normalized spacial score (nSPS) is 10.6. The second-order valence-electron chi connectivity index (χ2n) is 2.23. The molecule has 0 saturated carbocycles. The largest absolute Gasteiger partial charge is 0.285 e. The van der Waals surface area contributed by atoms with Gasteiger partial charge in [0.15, 0.2) is 5.56 Å². The van der Waals surface area contributed by atoms with E-state index in [1.165, 1.54) is 22.6 Å². The average molecular weight is 318 g/mol. The van der Waals surface area contributed by atoms with Crippen LogP contribution in [0.1, 0.15) is 12.0 Å². The zero-order chi connectivity index (χ0) is 10.9. The molecule has 0 saturated heterocycles. The lowest BCUT2D eigenvalue weighted by Crippen LogP contribution is -2.03. The molecule has 8 heteroatoms. The number of nitro groups is 1. The maximum atomic E-state index is 12.8. The predicted octanol–water partition coefficient (Wildman–Crippen LogP) is 2.67. The third-order valence-electron chi connectivity index (χ3n) is 1.37. The van der Waals surface area contributed by atoms with E-state index >= 15 is 0 Å². The summed E-state index contributed by atoms with van der Waals surface area (Å²) in [5.74, 6) is -1.50. The van der Waals surface area contributed by atoms with E-state index in [0.29, 0.717) is 0 Å². The van der Waals surface area contributed by atoms with E-state index in [4.69, 9.17) is 0 Å². The third-order valence-corrected chi connectivity index (χ3v) is 1.93. The molecule has 0 atom stereocenters. The van der Waals surface area contributed by atoms with Crippen molar-refractivity contribution in [2.45, 2.75) is 6.43 Å². The highest BCUT2D eigenvalue weighted by molar-refractivity contribution is 14.1. The van der Waals surface area contributed by atoms with Crippen LogP contribution in [0, 0.1) is 19.8 Å². The van der Waals surface area contributed by atoms with E-state index in [1.807, 2.05) is 0 Å². The van der Waals surface area contributed by atoms with Gasteiger partial charge in [-0.25, -0.2) is 13.8 Å². The number of hydrogen-bond donors (Lipinski definition) is 0. The first-order valence-electron chi connectivity index (χ1n) is 3.22. The van der Waals surface area contributed by atoms with Crippen LogP contribution in [-0.2, 0) is 0 Å². The molecule has 1 aromatic rings. The summed E-state index contributed by atoms with van der Waals surface area (Å²) in [6, 6.07) is 0.797. The Hall–Kier alpha value is -0.930. The first kappa shape index (κ1) is 11.1. The highest BCUT2D eigenvalue weighted by Gasteiger charge is 2.27. The Morgan fingerprint density at radius 3 is 2.57 bits per heavy atom. The zero-order valence-electron chi connectivity index (χ0n) is 6.38. The van der Waals surface area contributed by atoms with Crippen molar-refractivity contribution in [3.05, 3.63) is 31.4 Å². The summed E-state index contributed by atoms with van der Waals surface area (Å²) in [7, 11) is 0. The van der Waals surface area contributed by atoms with E-state index in [0.717, 1.165) is 6.07 Å². The SMILES string of the molecule is O=[N+]([O-])c1cc(I)nc(F)c1C(F)F. The van der Waals surface area contributed by atoms with Crippen molar-refractivity contribution in [2.75, 3.05) is 0 Å². The molecule has 4 nitrogen and oxygen atoms in total. The molecule has 1 heterocycles. The van der Waals surface area contributed by atoms with Gasteiger partial charge in [0.25, 0.3) is 12.1 Å². The molecule has 14 heavy (non-hydrogen) atoms. The lowest BCUT2D eigenvalue weighted by atomic mass is 10.2. The minimum absolute atomic E-state index is 0.0452.